The molecule has 0 saturated carbocycles. The van der Waals surface area contributed by atoms with Crippen molar-refractivity contribution in [3.63, 3.8) is 0 Å². The zero-order chi connectivity index (χ0) is 18.9. The number of ether oxygens (including phenoxy) is 1. The van der Waals surface area contributed by atoms with E-state index in [4.69, 9.17) is 4.74 Å². The van der Waals surface area contributed by atoms with Crippen LogP contribution >= 0.6 is 0 Å². The smallest absolute Gasteiger partial charge is 0.213 e. The van der Waals surface area contributed by atoms with Gasteiger partial charge in [-0.2, -0.15) is 0 Å². The minimum Gasteiger partial charge on any atom is -0.476 e. The number of aromatic nitrogens is 1. The molecule has 3 aromatic rings. The molecule has 0 unspecified atom stereocenters. The Balaban J connectivity index is 2.04. The largest absolute Gasteiger partial charge is 0.476 e. The normalized spacial score (nSPS) is 11.8. The minimum absolute atomic E-state index is 0.606. The van der Waals surface area contributed by atoms with Crippen molar-refractivity contribution in [2.45, 2.75) is 13.3 Å². The van der Waals surface area contributed by atoms with Gasteiger partial charge in [-0.3, -0.25) is 0 Å². The lowest BCUT2D eigenvalue weighted by Gasteiger charge is -2.16. The number of allylic oxidation sites excluding steroid dienone is 1. The van der Waals surface area contributed by atoms with Crippen molar-refractivity contribution in [2.24, 2.45) is 0 Å². The zero-order valence-corrected chi connectivity index (χ0v) is 16.0. The van der Waals surface area contributed by atoms with Gasteiger partial charge in [0.15, 0.2) is 0 Å². The molecule has 0 atom stereocenters. The Morgan fingerprint density at radius 1 is 0.852 bits per heavy atom. The molecule has 0 spiro atoms. The Morgan fingerprint density at radius 2 is 1.52 bits per heavy atom. The van der Waals surface area contributed by atoms with Gasteiger partial charge in [-0.05, 0) is 41.8 Å². The summed E-state index contributed by atoms with van der Waals surface area (Å²) < 4.78 is 5.67. The first-order chi connectivity index (χ1) is 13.3. The second kappa shape index (κ2) is 9.70. The molecule has 3 rings (SSSR count). The van der Waals surface area contributed by atoms with Gasteiger partial charge in [-0.25, -0.2) is 4.98 Å². The van der Waals surface area contributed by atoms with Crippen LogP contribution in [0.4, 0.5) is 0 Å². The maximum atomic E-state index is 5.67. The molecule has 0 amide bonds. The van der Waals surface area contributed by atoms with E-state index in [1.807, 2.05) is 25.4 Å². The highest BCUT2D eigenvalue weighted by Crippen LogP contribution is 2.34. The van der Waals surface area contributed by atoms with Gasteiger partial charge < -0.3 is 10.1 Å². The molecule has 0 bridgehead atoms. The summed E-state index contributed by atoms with van der Waals surface area (Å²) in [6.45, 7) is 3.61. The van der Waals surface area contributed by atoms with Crippen molar-refractivity contribution in [3.8, 4) is 5.88 Å². The molecule has 2 aromatic carbocycles. The van der Waals surface area contributed by atoms with Crippen LogP contribution in [0, 0.1) is 0 Å². The number of pyridine rings is 1. The van der Waals surface area contributed by atoms with Gasteiger partial charge in [-0.15, -0.1) is 0 Å². The molecule has 0 saturated heterocycles. The van der Waals surface area contributed by atoms with Crippen LogP contribution in [0.5, 0.6) is 5.88 Å². The van der Waals surface area contributed by atoms with Crippen LogP contribution < -0.4 is 10.1 Å². The van der Waals surface area contributed by atoms with Crippen LogP contribution in [0.1, 0.15) is 30.0 Å². The molecule has 0 aliphatic heterocycles. The molecule has 1 heterocycles. The Labute approximate surface area is 161 Å². The fourth-order valence-corrected chi connectivity index (χ4v) is 3.16. The van der Waals surface area contributed by atoms with Crippen molar-refractivity contribution in [3.05, 3.63) is 95.7 Å². The summed E-state index contributed by atoms with van der Waals surface area (Å²) in [5.74, 6) is 0.652. The third-order valence-corrected chi connectivity index (χ3v) is 4.47. The average Bonchev–Trinajstić information content (AvgIpc) is 2.74. The summed E-state index contributed by atoms with van der Waals surface area (Å²) in [6.07, 6.45) is 2.85. The van der Waals surface area contributed by atoms with Crippen LogP contribution in [-0.4, -0.2) is 25.2 Å². The lowest BCUT2D eigenvalue weighted by atomic mass is 9.89. The molecule has 0 radical (unpaired) electrons. The molecule has 1 aromatic heterocycles. The molecule has 0 fully saturated rings. The summed E-state index contributed by atoms with van der Waals surface area (Å²) in [5.41, 5.74) is 6.07. The number of nitrogens with one attached hydrogen (secondary N) is 1. The number of nitrogens with zero attached hydrogens (tertiary/aromatic N) is 1. The number of likely N-dealkylation sites (N-methyl/N-ethyl adjacent to an activating group) is 1. The fraction of sp³-hybridized carbons (Fsp3) is 0.208. The quantitative estimate of drug-likeness (QED) is 0.452. The predicted molar refractivity (Wildman–Crippen MR) is 113 cm³/mol. The van der Waals surface area contributed by atoms with Crippen LogP contribution in [0.25, 0.3) is 11.1 Å². The summed E-state index contributed by atoms with van der Waals surface area (Å²) in [7, 11) is 1.91. The lowest BCUT2D eigenvalue weighted by Crippen LogP contribution is -2.16. The van der Waals surface area contributed by atoms with E-state index in [1.54, 1.807) is 0 Å². The Morgan fingerprint density at radius 3 is 2.07 bits per heavy atom. The molecule has 3 heteroatoms. The highest BCUT2D eigenvalue weighted by Gasteiger charge is 2.13. The topological polar surface area (TPSA) is 34.1 Å². The number of benzene rings is 2. The first-order valence-electron chi connectivity index (χ1n) is 9.41. The van der Waals surface area contributed by atoms with Gasteiger partial charge in [0.05, 0.1) is 0 Å². The van der Waals surface area contributed by atoms with Crippen LogP contribution in [0.3, 0.4) is 0 Å². The maximum absolute atomic E-state index is 5.67. The van der Waals surface area contributed by atoms with Crippen LogP contribution in [0.2, 0.25) is 0 Å². The summed E-state index contributed by atoms with van der Waals surface area (Å²) in [6, 6.07) is 25.1. The van der Waals surface area contributed by atoms with Crippen LogP contribution in [0.15, 0.2) is 79.0 Å². The molecular formula is C24H26N2O. The summed E-state index contributed by atoms with van der Waals surface area (Å²) in [5, 5.41) is 3.07. The first-order valence-corrected chi connectivity index (χ1v) is 9.41. The minimum atomic E-state index is 0.606. The van der Waals surface area contributed by atoms with E-state index < -0.39 is 0 Å². The van der Waals surface area contributed by atoms with Gasteiger partial charge in [0.25, 0.3) is 0 Å². The summed E-state index contributed by atoms with van der Waals surface area (Å²) >= 11 is 0. The van der Waals surface area contributed by atoms with E-state index in [1.165, 1.54) is 22.3 Å². The van der Waals surface area contributed by atoms with E-state index >= 15 is 0 Å². The third kappa shape index (κ3) is 4.83. The Bertz CT molecular complexity index is 856. The van der Waals surface area contributed by atoms with Gasteiger partial charge in [0, 0.05) is 24.4 Å². The number of hydrogen-bond acceptors (Lipinski definition) is 3. The SMILES string of the molecule is CC/C(=C(\c1ccccc1)c1ccc(OCCNC)nc1)c1ccccc1. The lowest BCUT2D eigenvalue weighted by molar-refractivity contribution is 0.306. The van der Waals surface area contributed by atoms with E-state index in [0.717, 1.165) is 18.5 Å². The zero-order valence-electron chi connectivity index (χ0n) is 16.0. The standard InChI is InChI=1S/C24H26N2O/c1-3-22(19-10-6-4-7-11-19)24(20-12-8-5-9-13-20)21-14-15-23(26-18-21)27-17-16-25-2/h4-15,18,25H,3,16-17H2,1-2H3/b24-22-. The molecule has 3 nitrogen and oxygen atoms in total. The number of hydrogen-bond donors (Lipinski definition) is 1. The van der Waals surface area contributed by atoms with Crippen LogP contribution in [-0.2, 0) is 0 Å². The fourth-order valence-electron chi connectivity index (χ4n) is 3.16. The molecule has 138 valence electrons. The first kappa shape index (κ1) is 18.9. The second-order valence-corrected chi connectivity index (χ2v) is 6.28. The third-order valence-electron chi connectivity index (χ3n) is 4.47. The van der Waals surface area contributed by atoms with E-state index in [0.29, 0.717) is 12.5 Å². The Hall–Kier alpha value is -2.91. The van der Waals surface area contributed by atoms with Crippen molar-refractivity contribution >= 4 is 11.1 Å². The molecular weight excluding hydrogens is 332 g/mol. The van der Waals surface area contributed by atoms with Gasteiger partial charge in [-0.1, -0.05) is 67.6 Å². The average molecular weight is 358 g/mol. The van der Waals surface area contributed by atoms with Gasteiger partial charge in [0.1, 0.15) is 6.61 Å². The van der Waals surface area contributed by atoms with Crippen molar-refractivity contribution in [1.82, 2.24) is 10.3 Å². The van der Waals surface area contributed by atoms with Gasteiger partial charge in [0.2, 0.25) is 5.88 Å². The van der Waals surface area contributed by atoms with Crippen molar-refractivity contribution < 1.29 is 4.74 Å². The second-order valence-electron chi connectivity index (χ2n) is 6.28. The maximum Gasteiger partial charge on any atom is 0.213 e. The van der Waals surface area contributed by atoms with E-state index in [2.05, 4.69) is 77.9 Å². The van der Waals surface area contributed by atoms with Crippen molar-refractivity contribution in [2.75, 3.05) is 20.2 Å². The monoisotopic (exact) mass is 358 g/mol. The highest BCUT2D eigenvalue weighted by molar-refractivity contribution is 5.98. The highest BCUT2D eigenvalue weighted by atomic mass is 16.5. The van der Waals surface area contributed by atoms with E-state index in [-0.39, 0.29) is 0 Å². The number of rotatable bonds is 8. The predicted octanol–water partition coefficient (Wildman–Crippen LogP) is 5.05. The Kier molecular flexibility index (Phi) is 6.78. The van der Waals surface area contributed by atoms with Crippen molar-refractivity contribution in [1.29, 1.82) is 0 Å². The molecule has 27 heavy (non-hydrogen) atoms. The molecule has 0 aliphatic rings. The van der Waals surface area contributed by atoms with E-state index in [9.17, 15) is 0 Å². The molecule has 1 N–H and O–H groups in total. The van der Waals surface area contributed by atoms with Gasteiger partial charge >= 0.3 is 0 Å². The molecule has 0 aliphatic carbocycles. The summed E-state index contributed by atoms with van der Waals surface area (Å²) in [4.78, 5) is 4.52.